The largest absolute Gasteiger partial charge is 0.741 e. The van der Waals surface area contributed by atoms with Gasteiger partial charge in [-0.05, 0) is 37.1 Å². The molecule has 1 heterocycles. The van der Waals surface area contributed by atoms with Gasteiger partial charge in [0, 0.05) is 18.7 Å². The van der Waals surface area contributed by atoms with E-state index in [-0.39, 0.29) is 5.91 Å². The van der Waals surface area contributed by atoms with E-state index in [1.165, 1.54) is 70.6 Å². The minimum absolute atomic E-state index is 0.0512. The Bertz CT molecular complexity index is 1090. The number of amides is 1. The normalized spacial score (nSPS) is 11.5. The summed E-state index contributed by atoms with van der Waals surface area (Å²) in [6.45, 7) is 6.37. The molecule has 0 aliphatic rings. The minimum Gasteiger partial charge on any atom is -0.741 e. The fourth-order valence-electron chi connectivity index (χ4n) is 4.07. The van der Waals surface area contributed by atoms with Crippen LogP contribution in [-0.2, 0) is 23.2 Å². The van der Waals surface area contributed by atoms with Crippen molar-refractivity contribution in [3.05, 3.63) is 59.9 Å². The van der Waals surface area contributed by atoms with Gasteiger partial charge in [0.2, 0.25) is 0 Å². The molecule has 1 aromatic heterocycles. The number of ether oxygens (including phenoxy) is 1. The Morgan fingerprint density at radius 1 is 0.854 bits per heavy atom. The first-order chi connectivity index (χ1) is 19.5. The first-order valence-electron chi connectivity index (χ1n) is 14.5. The zero-order valence-electron chi connectivity index (χ0n) is 24.3. The lowest BCUT2D eigenvalue weighted by Crippen LogP contribution is -2.42. The van der Waals surface area contributed by atoms with E-state index < -0.39 is 15.6 Å². The van der Waals surface area contributed by atoms with Gasteiger partial charge in [-0.2, -0.15) is 17.7 Å². The standard InChI is InChI=1S/C29H44N2O2.CHF3O3S/c1-3-5-6-7-8-9-10-11-12-13-14-17-24-33-27-21-19-26(20-22-27)25-30-29(32)28-18-15-16-23-31(28)4-2;2-1(3,4)8(5,6)7/h15-16,18-23H,3-14,17,24-25H2,1-2H3;(H,5,6,7). The summed E-state index contributed by atoms with van der Waals surface area (Å²) in [4.78, 5) is 12.5. The summed E-state index contributed by atoms with van der Waals surface area (Å²) in [5.41, 5.74) is -3.89. The van der Waals surface area contributed by atoms with Crippen molar-refractivity contribution < 1.29 is 40.2 Å². The number of benzene rings is 1. The van der Waals surface area contributed by atoms with Crippen molar-refractivity contribution in [3.8, 4) is 5.75 Å². The zero-order chi connectivity index (χ0) is 30.6. The lowest BCUT2D eigenvalue weighted by molar-refractivity contribution is -0.695. The molecule has 0 aliphatic carbocycles. The zero-order valence-corrected chi connectivity index (χ0v) is 25.1. The average Bonchev–Trinajstić information content (AvgIpc) is 2.94. The Morgan fingerprint density at radius 3 is 1.85 bits per heavy atom. The van der Waals surface area contributed by atoms with Crippen molar-refractivity contribution in [2.45, 2.75) is 109 Å². The molecule has 0 fully saturated rings. The third-order valence-corrected chi connectivity index (χ3v) is 7.01. The van der Waals surface area contributed by atoms with E-state index in [1.807, 2.05) is 60.2 Å². The van der Waals surface area contributed by atoms with Gasteiger partial charge in [0.15, 0.2) is 16.3 Å². The predicted octanol–water partition coefficient (Wildman–Crippen LogP) is 7.06. The fraction of sp³-hybridized carbons (Fsp3) is 0.600. The number of pyridine rings is 1. The Labute approximate surface area is 243 Å². The highest BCUT2D eigenvalue weighted by Gasteiger charge is 2.36. The van der Waals surface area contributed by atoms with Crippen molar-refractivity contribution in [1.82, 2.24) is 5.32 Å². The van der Waals surface area contributed by atoms with Crippen LogP contribution >= 0.6 is 0 Å². The molecule has 11 heteroatoms. The summed E-state index contributed by atoms with van der Waals surface area (Å²) in [6.07, 6.45) is 18.2. The number of aromatic nitrogens is 1. The topological polar surface area (TPSA) is 99.4 Å². The quantitative estimate of drug-likeness (QED) is 0.0853. The highest BCUT2D eigenvalue weighted by atomic mass is 32.2. The van der Waals surface area contributed by atoms with Crippen LogP contribution in [0.15, 0.2) is 48.7 Å². The van der Waals surface area contributed by atoms with Crippen molar-refractivity contribution in [2.24, 2.45) is 0 Å². The predicted molar refractivity (Wildman–Crippen MR) is 152 cm³/mol. The first kappa shape index (κ1) is 36.4. The Balaban J connectivity index is 0.000000915. The van der Waals surface area contributed by atoms with Crippen LogP contribution in [0.1, 0.15) is 107 Å². The van der Waals surface area contributed by atoms with E-state index in [4.69, 9.17) is 17.7 Å². The summed E-state index contributed by atoms with van der Waals surface area (Å²) in [5.74, 6) is 0.852. The van der Waals surface area contributed by atoms with E-state index in [9.17, 15) is 18.0 Å². The number of nitrogens with zero attached hydrogens (tertiary/aromatic N) is 1. The Morgan fingerprint density at radius 2 is 1.37 bits per heavy atom. The molecule has 2 rings (SSSR count). The summed E-state index contributed by atoms with van der Waals surface area (Å²) in [7, 11) is -6.09. The van der Waals surface area contributed by atoms with E-state index >= 15 is 0 Å². The van der Waals surface area contributed by atoms with Crippen molar-refractivity contribution in [2.75, 3.05) is 6.61 Å². The van der Waals surface area contributed by atoms with Crippen LogP contribution in [0.25, 0.3) is 0 Å². The summed E-state index contributed by atoms with van der Waals surface area (Å²) >= 11 is 0. The number of rotatable bonds is 18. The molecule has 0 atom stereocenters. The maximum Gasteiger partial charge on any atom is 0.485 e. The van der Waals surface area contributed by atoms with Crippen LogP contribution in [0.4, 0.5) is 13.2 Å². The van der Waals surface area contributed by atoms with Gasteiger partial charge in [0.25, 0.3) is 5.69 Å². The van der Waals surface area contributed by atoms with Crippen LogP contribution in [0, 0.1) is 0 Å². The smallest absolute Gasteiger partial charge is 0.485 e. The van der Waals surface area contributed by atoms with Gasteiger partial charge in [0.05, 0.1) is 6.61 Å². The molecule has 0 aliphatic heterocycles. The van der Waals surface area contributed by atoms with E-state index in [1.54, 1.807) is 0 Å². The molecule has 0 spiro atoms. The van der Waals surface area contributed by atoms with Gasteiger partial charge in [-0.15, -0.1) is 0 Å². The number of carbonyl (C=O) groups excluding carboxylic acids is 1. The first-order valence-corrected chi connectivity index (χ1v) is 15.9. The molecular weight excluding hydrogens is 557 g/mol. The summed E-state index contributed by atoms with van der Waals surface area (Å²) in [5, 5.41) is 3.00. The number of nitrogens with one attached hydrogen (secondary N) is 1. The fourth-order valence-corrected chi connectivity index (χ4v) is 4.07. The molecule has 0 saturated carbocycles. The third-order valence-electron chi connectivity index (χ3n) is 6.44. The maximum absolute atomic E-state index is 12.5. The molecule has 2 aromatic rings. The van der Waals surface area contributed by atoms with Crippen molar-refractivity contribution in [1.29, 1.82) is 0 Å². The second-order valence-corrected chi connectivity index (χ2v) is 11.2. The summed E-state index contributed by atoms with van der Waals surface area (Å²) < 4.78 is 66.7. The molecule has 0 radical (unpaired) electrons. The molecule has 41 heavy (non-hydrogen) atoms. The second-order valence-electron chi connectivity index (χ2n) is 9.84. The van der Waals surface area contributed by atoms with Gasteiger partial charge in [-0.3, -0.25) is 4.79 Å². The van der Waals surface area contributed by atoms with E-state index in [0.29, 0.717) is 12.2 Å². The molecule has 0 saturated heterocycles. The Kier molecular flexibility index (Phi) is 18.0. The minimum atomic E-state index is -6.09. The number of carbonyl (C=O) groups is 1. The van der Waals surface area contributed by atoms with Gasteiger partial charge >= 0.3 is 11.4 Å². The van der Waals surface area contributed by atoms with Crippen molar-refractivity contribution >= 4 is 16.0 Å². The number of unbranched alkanes of at least 4 members (excludes halogenated alkanes) is 11. The van der Waals surface area contributed by atoms with Crippen LogP contribution < -0.4 is 14.6 Å². The van der Waals surface area contributed by atoms with Crippen molar-refractivity contribution in [3.63, 3.8) is 0 Å². The number of halogens is 3. The van der Waals surface area contributed by atoms with Crippen LogP contribution in [0.5, 0.6) is 5.75 Å². The monoisotopic (exact) mass is 602 g/mol. The number of alkyl halides is 3. The number of hydrogen-bond donors (Lipinski definition) is 1. The van der Waals surface area contributed by atoms with E-state index in [0.717, 1.165) is 30.9 Å². The molecule has 232 valence electrons. The SMILES string of the molecule is CCCCCCCCCCCCCCOc1ccc(CNC(=O)c2cccc[n+]2CC)cc1.O=S(=O)([O-])C(F)(F)F. The Hall–Kier alpha value is -2.66. The van der Waals surface area contributed by atoms with Crippen LogP contribution in [0.2, 0.25) is 0 Å². The van der Waals surface area contributed by atoms with Gasteiger partial charge in [-0.1, -0.05) is 89.7 Å². The highest BCUT2D eigenvalue weighted by Crippen LogP contribution is 2.20. The van der Waals surface area contributed by atoms with Crippen LogP contribution in [0.3, 0.4) is 0 Å². The second kappa shape index (κ2) is 20.3. The molecule has 0 unspecified atom stereocenters. The average molecular weight is 603 g/mol. The lowest BCUT2D eigenvalue weighted by atomic mass is 10.1. The van der Waals surface area contributed by atoms with Gasteiger partial charge in [-0.25, -0.2) is 8.42 Å². The highest BCUT2D eigenvalue weighted by molar-refractivity contribution is 7.86. The summed E-state index contributed by atoms with van der Waals surface area (Å²) in [6, 6.07) is 13.7. The number of hydrogen-bond acceptors (Lipinski definition) is 5. The molecular formula is C30H45F3N2O5S. The van der Waals surface area contributed by atoms with Gasteiger partial charge < -0.3 is 14.6 Å². The third kappa shape index (κ3) is 16.4. The molecule has 7 nitrogen and oxygen atoms in total. The molecule has 0 bridgehead atoms. The van der Waals surface area contributed by atoms with E-state index in [2.05, 4.69) is 12.2 Å². The number of aryl methyl sites for hydroxylation is 1. The maximum atomic E-state index is 12.5. The molecule has 1 aromatic carbocycles. The molecule has 1 amide bonds. The lowest BCUT2D eigenvalue weighted by Gasteiger charge is -2.08. The molecule has 1 N–H and O–H groups in total. The van der Waals surface area contributed by atoms with Gasteiger partial charge in [0.1, 0.15) is 12.3 Å². The van der Waals surface area contributed by atoms with Crippen LogP contribution in [-0.4, -0.2) is 31.0 Å².